The van der Waals surface area contributed by atoms with Crippen LogP contribution in [0.5, 0.6) is 0 Å². The number of carbonyl (C=O) groups excluding carboxylic acids is 2. The van der Waals surface area contributed by atoms with E-state index < -0.39 is 41.6 Å². The molecular formula is C47H62O10. The molecule has 0 radical (unpaired) electrons. The van der Waals surface area contributed by atoms with Crippen LogP contribution < -0.4 is 0 Å². The first-order valence-electron chi connectivity index (χ1n) is 21.6. The van der Waals surface area contributed by atoms with Gasteiger partial charge in [0.2, 0.25) is 6.29 Å². The molecule has 2 saturated heterocycles. The van der Waals surface area contributed by atoms with Crippen molar-refractivity contribution in [2.45, 2.75) is 129 Å². The lowest BCUT2D eigenvalue weighted by Crippen LogP contribution is -2.55. The molecule has 8 rings (SSSR count). The number of hydrogen-bond donors (Lipinski definition) is 3. The van der Waals surface area contributed by atoms with Crippen LogP contribution in [-0.2, 0) is 23.7 Å². The van der Waals surface area contributed by atoms with Crippen molar-refractivity contribution in [2.24, 2.45) is 52.3 Å². The minimum atomic E-state index is -1.83. The number of rotatable bonds is 10. The van der Waals surface area contributed by atoms with Gasteiger partial charge in [-0.2, -0.15) is 0 Å². The summed E-state index contributed by atoms with van der Waals surface area (Å²) in [5.41, 5.74) is 0.969. The summed E-state index contributed by atoms with van der Waals surface area (Å²) in [6.07, 6.45) is 6.83. The lowest BCUT2D eigenvalue weighted by atomic mass is 9.44. The van der Waals surface area contributed by atoms with Gasteiger partial charge in [0.15, 0.2) is 17.3 Å². The fourth-order valence-electron chi connectivity index (χ4n) is 12.8. The summed E-state index contributed by atoms with van der Waals surface area (Å²) in [4.78, 5) is 25.6. The van der Waals surface area contributed by atoms with Gasteiger partial charge >= 0.3 is 11.9 Å². The van der Waals surface area contributed by atoms with Gasteiger partial charge in [0.05, 0.1) is 36.5 Å². The summed E-state index contributed by atoms with van der Waals surface area (Å²) >= 11 is 0. The molecule has 0 amide bonds. The number of carbonyl (C=O) groups is 2. The van der Waals surface area contributed by atoms with Crippen LogP contribution in [0.4, 0.5) is 0 Å². The Hall–Kier alpha value is -3.28. The summed E-state index contributed by atoms with van der Waals surface area (Å²) in [5.74, 6) is 0.783. The highest BCUT2D eigenvalue weighted by atomic mass is 16.7. The normalized spacial score (nSPS) is 39.8. The zero-order valence-corrected chi connectivity index (χ0v) is 34.0. The predicted molar refractivity (Wildman–Crippen MR) is 211 cm³/mol. The molecule has 0 aromatic heterocycles. The van der Waals surface area contributed by atoms with E-state index in [-0.39, 0.29) is 41.6 Å². The SMILES string of the molecule is C[C@H]1CC[C@@]2(OC1)O[C@H]1C[C@H]3[C@@H]4CC[C@@H]5C[C@@H](OC(O)/C(O)=C(/OC(=O)c6ccccc6)C(O)CCOC(=O)c6ccccc6)CC[C@]5(C)[C@H]4CC[C@]3(C)[C@H]1[C@@H]2C. The highest BCUT2D eigenvalue weighted by Gasteiger charge is 2.69. The van der Waals surface area contributed by atoms with Gasteiger partial charge in [0, 0.05) is 18.8 Å². The molecule has 4 aliphatic carbocycles. The fraction of sp³-hybridized carbons (Fsp3) is 0.660. The third-order valence-corrected chi connectivity index (χ3v) is 15.8. The van der Waals surface area contributed by atoms with E-state index in [9.17, 15) is 24.9 Å². The maximum absolute atomic E-state index is 13.1. The van der Waals surface area contributed by atoms with Crippen molar-refractivity contribution in [1.82, 2.24) is 0 Å². The van der Waals surface area contributed by atoms with E-state index in [1.165, 1.54) is 25.7 Å². The van der Waals surface area contributed by atoms with E-state index in [1.54, 1.807) is 60.7 Å². The number of hydrogen-bond acceptors (Lipinski definition) is 10. The van der Waals surface area contributed by atoms with Crippen molar-refractivity contribution in [1.29, 1.82) is 0 Å². The van der Waals surface area contributed by atoms with Crippen LogP contribution in [0.1, 0.15) is 119 Å². The Morgan fingerprint density at radius 2 is 1.51 bits per heavy atom. The van der Waals surface area contributed by atoms with Crippen molar-refractivity contribution in [2.75, 3.05) is 13.2 Å². The minimum absolute atomic E-state index is 0.157. The average Bonchev–Trinajstić information content (AvgIpc) is 3.67. The molecule has 2 aliphatic heterocycles. The van der Waals surface area contributed by atoms with Gasteiger partial charge in [-0.1, -0.05) is 64.1 Å². The van der Waals surface area contributed by atoms with E-state index >= 15 is 0 Å². The van der Waals surface area contributed by atoms with Crippen LogP contribution in [0.2, 0.25) is 0 Å². The molecule has 310 valence electrons. The molecule has 10 heteroatoms. The second-order valence-corrected chi connectivity index (χ2v) is 18.9. The second kappa shape index (κ2) is 16.1. The van der Waals surface area contributed by atoms with Crippen LogP contribution in [0.3, 0.4) is 0 Å². The van der Waals surface area contributed by atoms with Gasteiger partial charge < -0.3 is 39.0 Å². The number of aliphatic hydroxyl groups is 3. The number of aliphatic hydroxyl groups excluding tert-OH is 3. The molecule has 2 aromatic rings. The van der Waals surface area contributed by atoms with Crippen molar-refractivity contribution < 1.29 is 48.6 Å². The molecule has 6 fully saturated rings. The number of benzene rings is 2. The number of ether oxygens (including phenoxy) is 5. The summed E-state index contributed by atoms with van der Waals surface area (Å²) in [5, 5.41) is 33.8. The van der Waals surface area contributed by atoms with Gasteiger partial charge in [-0.15, -0.1) is 0 Å². The highest BCUT2D eigenvalue weighted by molar-refractivity contribution is 5.90. The van der Waals surface area contributed by atoms with Crippen molar-refractivity contribution >= 4 is 11.9 Å². The topological polar surface area (TPSA) is 141 Å². The number of esters is 2. The Bertz CT molecular complexity index is 1770. The molecule has 4 saturated carbocycles. The number of fused-ring (bicyclic) bond motifs is 7. The maximum atomic E-state index is 13.1. The molecule has 6 aliphatic rings. The third-order valence-electron chi connectivity index (χ3n) is 15.8. The minimum Gasteiger partial charge on any atom is -0.505 e. The smallest absolute Gasteiger partial charge is 0.343 e. The Kier molecular flexibility index (Phi) is 11.4. The Labute approximate surface area is 337 Å². The van der Waals surface area contributed by atoms with Gasteiger partial charge in [-0.25, -0.2) is 9.59 Å². The van der Waals surface area contributed by atoms with Crippen LogP contribution in [0.25, 0.3) is 0 Å². The first kappa shape index (κ1) is 40.5. The molecule has 3 N–H and O–H groups in total. The van der Waals surface area contributed by atoms with Gasteiger partial charge in [-0.05, 0) is 128 Å². The summed E-state index contributed by atoms with van der Waals surface area (Å²) in [7, 11) is 0. The standard InChI is InChI=1S/C47H62O10/c1-28-17-23-47(54-27-28)29(2)39-38(57-47)26-36-34-16-15-32-25-33(18-21-45(32,3)35(34)19-22-46(36,39)4)55-44(52)40(49)41(56-43(51)31-13-9-6-10-14-31)37(48)20-24-53-42(50)30-11-7-5-8-12-30/h5-14,28-29,32-39,44,48-49,52H,15-27H2,1-4H3/b41-40-/t28-,29-,32+,33-,34+,35-,36-,37?,38-,39-,44?,45-,46-,47+/m0/s1. The van der Waals surface area contributed by atoms with E-state index in [0.29, 0.717) is 47.0 Å². The molecule has 2 unspecified atom stereocenters. The van der Waals surface area contributed by atoms with E-state index in [2.05, 4.69) is 27.7 Å². The van der Waals surface area contributed by atoms with Crippen molar-refractivity contribution in [3.63, 3.8) is 0 Å². The maximum Gasteiger partial charge on any atom is 0.343 e. The molecule has 2 aromatic carbocycles. The first-order valence-corrected chi connectivity index (χ1v) is 21.6. The Morgan fingerprint density at radius 1 is 0.825 bits per heavy atom. The molecule has 0 bridgehead atoms. The van der Waals surface area contributed by atoms with Crippen molar-refractivity contribution in [3.8, 4) is 0 Å². The monoisotopic (exact) mass is 786 g/mol. The zero-order valence-electron chi connectivity index (χ0n) is 34.0. The quantitative estimate of drug-likeness (QED) is 0.122. The van der Waals surface area contributed by atoms with Crippen LogP contribution in [0.15, 0.2) is 72.2 Å². The predicted octanol–water partition coefficient (Wildman–Crippen LogP) is 8.37. The van der Waals surface area contributed by atoms with E-state index in [0.717, 1.165) is 45.1 Å². The molecule has 1 spiro atoms. The van der Waals surface area contributed by atoms with Crippen LogP contribution in [0, 0.1) is 52.3 Å². The average molecular weight is 787 g/mol. The highest BCUT2D eigenvalue weighted by Crippen LogP contribution is 2.71. The largest absolute Gasteiger partial charge is 0.505 e. The fourth-order valence-corrected chi connectivity index (χ4v) is 12.8. The van der Waals surface area contributed by atoms with Gasteiger partial charge in [0.25, 0.3) is 0 Å². The molecule has 10 nitrogen and oxygen atoms in total. The summed E-state index contributed by atoms with van der Waals surface area (Å²) < 4.78 is 30.5. The van der Waals surface area contributed by atoms with Gasteiger partial charge in [0.1, 0.15) is 6.10 Å². The molecule has 57 heavy (non-hydrogen) atoms. The van der Waals surface area contributed by atoms with Crippen LogP contribution >= 0.6 is 0 Å². The Balaban J connectivity index is 0.916. The lowest BCUT2D eigenvalue weighted by Gasteiger charge is -2.61. The zero-order chi connectivity index (χ0) is 40.1. The summed E-state index contributed by atoms with van der Waals surface area (Å²) in [6, 6.07) is 16.6. The van der Waals surface area contributed by atoms with E-state index in [1.807, 2.05) is 0 Å². The Morgan fingerprint density at radius 3 is 2.19 bits per heavy atom. The lowest BCUT2D eigenvalue weighted by molar-refractivity contribution is -0.273. The van der Waals surface area contributed by atoms with E-state index in [4.69, 9.17) is 23.7 Å². The molecule has 2 heterocycles. The third kappa shape index (κ3) is 7.47. The first-order chi connectivity index (χ1) is 27.3. The summed E-state index contributed by atoms with van der Waals surface area (Å²) in [6.45, 7) is 10.3. The van der Waals surface area contributed by atoms with Gasteiger partial charge in [-0.3, -0.25) is 0 Å². The van der Waals surface area contributed by atoms with Crippen LogP contribution in [-0.4, -0.2) is 70.9 Å². The van der Waals surface area contributed by atoms with Crippen molar-refractivity contribution in [3.05, 3.63) is 83.3 Å². The second-order valence-electron chi connectivity index (χ2n) is 18.9. The molecule has 14 atom stereocenters. The molecular weight excluding hydrogens is 725 g/mol.